The molecule has 1 amide bonds. The number of carbonyl (C=O) groups excluding carboxylic acids is 1. The van der Waals surface area contributed by atoms with Gasteiger partial charge in [-0.3, -0.25) is 14.8 Å². The molecule has 1 aliphatic heterocycles. The van der Waals surface area contributed by atoms with E-state index in [0.717, 1.165) is 47.7 Å². The van der Waals surface area contributed by atoms with E-state index in [1.54, 1.807) is 18.6 Å². The summed E-state index contributed by atoms with van der Waals surface area (Å²) in [5.74, 6) is -0.143. The minimum atomic E-state index is -0.143. The smallest absolute Gasteiger partial charge is 0.255 e. The highest BCUT2D eigenvalue weighted by molar-refractivity contribution is 6.04. The number of aryl methyl sites for hydroxylation is 2. The summed E-state index contributed by atoms with van der Waals surface area (Å²) in [5.41, 5.74) is 7.77. The fraction of sp³-hybridized carbons (Fsp3) is 0.115. The summed E-state index contributed by atoms with van der Waals surface area (Å²) in [6.45, 7) is 0. The van der Waals surface area contributed by atoms with E-state index in [-0.39, 0.29) is 5.91 Å². The fourth-order valence-corrected chi connectivity index (χ4v) is 3.86. The highest BCUT2D eigenvalue weighted by Crippen LogP contribution is 2.31. The Hall–Kier alpha value is -4.19. The van der Waals surface area contributed by atoms with Crippen LogP contribution in [0.5, 0.6) is 0 Å². The van der Waals surface area contributed by atoms with Gasteiger partial charge in [0.25, 0.3) is 5.91 Å². The van der Waals surface area contributed by atoms with Crippen molar-refractivity contribution < 1.29 is 4.79 Å². The summed E-state index contributed by atoms with van der Waals surface area (Å²) in [7, 11) is 0. The van der Waals surface area contributed by atoms with Crippen molar-refractivity contribution in [2.24, 2.45) is 0 Å². The molecule has 1 aliphatic rings. The maximum Gasteiger partial charge on any atom is 0.255 e. The molecule has 0 bridgehead atoms. The molecular formula is C26H23N5O. The first-order valence-corrected chi connectivity index (χ1v) is 10.7. The first-order chi connectivity index (χ1) is 15.7. The average Bonchev–Trinajstić information content (AvgIpc) is 2.81. The number of benzene rings is 2. The minimum Gasteiger partial charge on any atom is -0.355 e. The predicted molar refractivity (Wildman–Crippen MR) is 128 cm³/mol. The lowest BCUT2D eigenvalue weighted by Gasteiger charge is -2.19. The second-order valence-electron chi connectivity index (χ2n) is 7.78. The van der Waals surface area contributed by atoms with Gasteiger partial charge in [-0.2, -0.15) is 0 Å². The number of hydrogen-bond acceptors (Lipinski definition) is 5. The van der Waals surface area contributed by atoms with E-state index in [0.29, 0.717) is 5.56 Å². The zero-order chi connectivity index (χ0) is 21.8. The van der Waals surface area contributed by atoms with Crippen molar-refractivity contribution >= 4 is 34.3 Å². The van der Waals surface area contributed by atoms with Crippen LogP contribution in [0.4, 0.5) is 28.4 Å². The molecule has 0 radical (unpaired) electrons. The van der Waals surface area contributed by atoms with E-state index < -0.39 is 0 Å². The molecule has 3 heterocycles. The topological polar surface area (TPSA) is 78.9 Å². The fourth-order valence-electron chi connectivity index (χ4n) is 3.86. The average molecular weight is 422 g/mol. The lowest BCUT2D eigenvalue weighted by molar-refractivity contribution is 0.102. The van der Waals surface area contributed by atoms with E-state index in [1.165, 1.54) is 11.1 Å². The monoisotopic (exact) mass is 421 g/mol. The number of nitrogens with zero attached hydrogens (tertiary/aromatic N) is 2. The largest absolute Gasteiger partial charge is 0.355 e. The van der Waals surface area contributed by atoms with Gasteiger partial charge in [0.15, 0.2) is 0 Å². The van der Waals surface area contributed by atoms with Crippen LogP contribution in [0.1, 0.15) is 27.9 Å². The summed E-state index contributed by atoms with van der Waals surface area (Å²) < 4.78 is 0. The summed E-state index contributed by atoms with van der Waals surface area (Å²) in [4.78, 5) is 21.1. The van der Waals surface area contributed by atoms with E-state index in [2.05, 4.69) is 32.0 Å². The first kappa shape index (κ1) is 19.8. The van der Waals surface area contributed by atoms with Crippen LogP contribution >= 0.6 is 0 Å². The Morgan fingerprint density at radius 2 is 1.47 bits per heavy atom. The van der Waals surface area contributed by atoms with Gasteiger partial charge < -0.3 is 16.0 Å². The second-order valence-corrected chi connectivity index (χ2v) is 7.78. The van der Waals surface area contributed by atoms with Crippen LogP contribution < -0.4 is 16.0 Å². The third kappa shape index (κ3) is 4.44. The number of carbonyl (C=O) groups is 1. The van der Waals surface area contributed by atoms with Gasteiger partial charge in [0, 0.05) is 58.8 Å². The molecule has 0 spiro atoms. The molecule has 4 aromatic rings. The van der Waals surface area contributed by atoms with E-state index in [1.807, 2.05) is 60.8 Å². The Balaban J connectivity index is 1.30. The predicted octanol–water partition coefficient (Wildman–Crippen LogP) is 5.70. The van der Waals surface area contributed by atoms with Gasteiger partial charge in [0.05, 0.1) is 0 Å². The van der Waals surface area contributed by atoms with Gasteiger partial charge in [0.1, 0.15) is 0 Å². The Labute approximate surface area is 186 Å². The molecule has 3 N–H and O–H groups in total. The highest BCUT2D eigenvalue weighted by Gasteiger charge is 2.13. The van der Waals surface area contributed by atoms with Gasteiger partial charge in [0.2, 0.25) is 0 Å². The third-order valence-electron chi connectivity index (χ3n) is 5.55. The van der Waals surface area contributed by atoms with Crippen LogP contribution in [0.25, 0.3) is 0 Å². The number of amides is 1. The summed E-state index contributed by atoms with van der Waals surface area (Å²) in [6, 6.07) is 19.2. The Kier molecular flexibility index (Phi) is 5.49. The Morgan fingerprint density at radius 3 is 2.31 bits per heavy atom. The molecule has 6 heteroatoms. The molecule has 158 valence electrons. The van der Waals surface area contributed by atoms with Gasteiger partial charge in [-0.15, -0.1) is 0 Å². The van der Waals surface area contributed by atoms with E-state index >= 15 is 0 Å². The number of anilines is 5. The molecule has 0 unspecified atom stereocenters. The van der Waals surface area contributed by atoms with Gasteiger partial charge in [-0.1, -0.05) is 6.07 Å². The van der Waals surface area contributed by atoms with Crippen LogP contribution in [-0.2, 0) is 12.8 Å². The second kappa shape index (κ2) is 8.89. The zero-order valence-electron chi connectivity index (χ0n) is 17.5. The van der Waals surface area contributed by atoms with Crippen molar-refractivity contribution in [2.45, 2.75) is 19.3 Å². The van der Waals surface area contributed by atoms with Gasteiger partial charge >= 0.3 is 0 Å². The van der Waals surface area contributed by atoms with Gasteiger partial charge in [-0.05, 0) is 85.0 Å². The molecular weight excluding hydrogens is 398 g/mol. The number of rotatable bonds is 4. The van der Waals surface area contributed by atoms with Crippen LogP contribution in [0.3, 0.4) is 0 Å². The number of nitrogens with one attached hydrogen (secondary N) is 3. The van der Waals surface area contributed by atoms with Crippen molar-refractivity contribution in [3.8, 4) is 0 Å². The zero-order valence-corrected chi connectivity index (χ0v) is 17.5. The molecule has 2 aromatic carbocycles. The number of pyridine rings is 2. The molecule has 5 rings (SSSR count). The third-order valence-corrected chi connectivity index (χ3v) is 5.55. The van der Waals surface area contributed by atoms with E-state index in [9.17, 15) is 4.79 Å². The van der Waals surface area contributed by atoms with Crippen molar-refractivity contribution in [1.29, 1.82) is 0 Å². The lowest BCUT2D eigenvalue weighted by Crippen LogP contribution is -2.12. The summed E-state index contributed by atoms with van der Waals surface area (Å²) in [6.07, 6.45) is 10.2. The molecule has 0 atom stereocenters. The summed E-state index contributed by atoms with van der Waals surface area (Å²) in [5, 5.41) is 9.83. The normalized spacial score (nSPS) is 12.4. The molecule has 0 fully saturated rings. The van der Waals surface area contributed by atoms with Crippen molar-refractivity contribution in [2.75, 3.05) is 16.0 Å². The standard InChI is InChI=1S/C26H23N5O/c32-26(19-5-7-21(8-6-19)29-22-10-13-27-14-11-22)30-23-9-4-18-2-1-3-20-17-28-15-12-24(20)31-25(18)16-23/h4-17,31H,1-3H2,(H,27,29)(H,30,32). The summed E-state index contributed by atoms with van der Waals surface area (Å²) >= 11 is 0. The van der Waals surface area contributed by atoms with E-state index in [4.69, 9.17) is 0 Å². The molecule has 0 saturated carbocycles. The lowest BCUT2D eigenvalue weighted by atomic mass is 9.99. The Bertz CT molecular complexity index is 1240. The maximum absolute atomic E-state index is 12.8. The number of hydrogen-bond donors (Lipinski definition) is 3. The van der Waals surface area contributed by atoms with Gasteiger partial charge in [-0.25, -0.2) is 0 Å². The van der Waals surface area contributed by atoms with Crippen molar-refractivity contribution in [3.63, 3.8) is 0 Å². The SMILES string of the molecule is O=C(Nc1ccc2c(c1)Nc1ccncc1CCC2)c1ccc(Nc2ccncc2)cc1. The van der Waals surface area contributed by atoms with Crippen molar-refractivity contribution in [1.82, 2.24) is 9.97 Å². The number of fused-ring (bicyclic) bond motifs is 2. The molecule has 2 aromatic heterocycles. The number of aromatic nitrogens is 2. The maximum atomic E-state index is 12.8. The van der Waals surface area contributed by atoms with Crippen LogP contribution in [-0.4, -0.2) is 15.9 Å². The minimum absolute atomic E-state index is 0.143. The van der Waals surface area contributed by atoms with Crippen LogP contribution in [0.2, 0.25) is 0 Å². The van der Waals surface area contributed by atoms with Crippen LogP contribution in [0.15, 0.2) is 85.5 Å². The molecule has 0 aliphatic carbocycles. The quantitative estimate of drug-likeness (QED) is 0.394. The molecule has 6 nitrogen and oxygen atoms in total. The molecule has 0 saturated heterocycles. The highest BCUT2D eigenvalue weighted by atomic mass is 16.1. The first-order valence-electron chi connectivity index (χ1n) is 10.7. The van der Waals surface area contributed by atoms with Crippen LogP contribution in [0, 0.1) is 0 Å². The Morgan fingerprint density at radius 1 is 0.750 bits per heavy atom. The van der Waals surface area contributed by atoms with Crippen molar-refractivity contribution in [3.05, 3.63) is 102 Å². The molecule has 32 heavy (non-hydrogen) atoms.